The zero-order valence-electron chi connectivity index (χ0n) is 17.0. The highest BCUT2D eigenvalue weighted by molar-refractivity contribution is 5.98. The van der Waals surface area contributed by atoms with Crippen LogP contribution in [0.15, 0.2) is 58.3 Å². The lowest BCUT2D eigenvalue weighted by atomic mass is 10.1. The molecule has 2 heterocycles. The van der Waals surface area contributed by atoms with Gasteiger partial charge in [0.05, 0.1) is 6.21 Å². The Kier molecular flexibility index (Phi) is 5.52. The molecule has 10 heteroatoms. The molecule has 0 aliphatic carbocycles. The Morgan fingerprint density at radius 3 is 2.55 bits per heavy atom. The second-order valence-electron chi connectivity index (χ2n) is 6.83. The Balaban J connectivity index is 1.64. The van der Waals surface area contributed by atoms with E-state index in [2.05, 4.69) is 42.7 Å². The van der Waals surface area contributed by atoms with Gasteiger partial charge in [0.2, 0.25) is 11.6 Å². The average molecular weight is 416 g/mol. The number of aryl methyl sites for hydroxylation is 2. The number of carbonyl (C=O) groups excluding carboxylic acids is 1. The van der Waals surface area contributed by atoms with E-state index in [4.69, 9.17) is 5.73 Å². The second-order valence-corrected chi connectivity index (χ2v) is 6.83. The molecule has 1 amide bonds. The van der Waals surface area contributed by atoms with Gasteiger partial charge in [-0.3, -0.25) is 4.79 Å². The van der Waals surface area contributed by atoms with Crippen molar-refractivity contribution in [1.82, 2.24) is 30.7 Å². The molecule has 0 aliphatic rings. The smallest absolute Gasteiger partial charge is 0.294 e. The number of nitrogens with two attached hydrogens (primary N) is 1. The number of nitrogens with one attached hydrogen (secondary N) is 1. The topological polar surface area (TPSA) is 137 Å². The molecular formula is C21H20N8O2. The molecule has 3 N–H and O–H groups in total. The molecule has 0 spiro atoms. The molecule has 2 aromatic carbocycles. The number of nitrogen functional groups attached to an aromatic ring is 1. The van der Waals surface area contributed by atoms with Crippen molar-refractivity contribution in [2.24, 2.45) is 5.10 Å². The van der Waals surface area contributed by atoms with E-state index < -0.39 is 5.91 Å². The number of hydrogen-bond donors (Lipinski definition) is 2. The molecular weight excluding hydrogens is 396 g/mol. The van der Waals surface area contributed by atoms with Crippen LogP contribution in [0.1, 0.15) is 34.1 Å². The molecule has 2 aromatic heterocycles. The molecule has 0 saturated carbocycles. The van der Waals surface area contributed by atoms with E-state index in [9.17, 15) is 4.79 Å². The van der Waals surface area contributed by atoms with Crippen LogP contribution in [0.25, 0.3) is 17.1 Å². The summed E-state index contributed by atoms with van der Waals surface area (Å²) >= 11 is 0. The van der Waals surface area contributed by atoms with Crippen molar-refractivity contribution in [2.45, 2.75) is 20.3 Å². The molecule has 0 fully saturated rings. The van der Waals surface area contributed by atoms with E-state index in [1.807, 2.05) is 55.5 Å². The first-order valence-electron chi connectivity index (χ1n) is 9.60. The number of hydrazone groups is 1. The molecule has 31 heavy (non-hydrogen) atoms. The fourth-order valence-electron chi connectivity index (χ4n) is 2.95. The number of anilines is 1. The Hall–Kier alpha value is -4.34. The lowest BCUT2D eigenvalue weighted by molar-refractivity contribution is 0.0950. The monoisotopic (exact) mass is 416 g/mol. The summed E-state index contributed by atoms with van der Waals surface area (Å²) in [5, 5.41) is 19.4. The molecule has 0 atom stereocenters. The van der Waals surface area contributed by atoms with Crippen LogP contribution in [-0.2, 0) is 6.42 Å². The van der Waals surface area contributed by atoms with Gasteiger partial charge in [0, 0.05) is 5.56 Å². The van der Waals surface area contributed by atoms with Gasteiger partial charge in [-0.25, -0.2) is 10.1 Å². The second kappa shape index (κ2) is 8.57. The summed E-state index contributed by atoms with van der Waals surface area (Å²) in [6, 6.07) is 15.4. The quantitative estimate of drug-likeness (QED) is 0.364. The Bertz CT molecular complexity index is 1220. The summed E-state index contributed by atoms with van der Waals surface area (Å²) in [5.74, 6) is -0.362. The summed E-state index contributed by atoms with van der Waals surface area (Å²) in [5.41, 5.74) is 12.6. The maximum Gasteiger partial charge on any atom is 0.294 e. The highest BCUT2D eigenvalue weighted by Crippen LogP contribution is 2.26. The zero-order chi connectivity index (χ0) is 21.8. The predicted octanol–water partition coefficient (Wildman–Crippen LogP) is 2.53. The fourth-order valence-corrected chi connectivity index (χ4v) is 2.95. The Morgan fingerprint density at radius 2 is 1.90 bits per heavy atom. The third kappa shape index (κ3) is 4.17. The minimum absolute atomic E-state index is 0.0266. The largest absolute Gasteiger partial charge is 0.378 e. The minimum atomic E-state index is -0.529. The number of amides is 1. The van der Waals surface area contributed by atoms with Gasteiger partial charge in [0.1, 0.15) is 5.69 Å². The van der Waals surface area contributed by atoms with Gasteiger partial charge in [-0.15, -0.1) is 5.10 Å². The van der Waals surface area contributed by atoms with Gasteiger partial charge in [0.25, 0.3) is 5.91 Å². The van der Waals surface area contributed by atoms with Crippen molar-refractivity contribution in [3.8, 4) is 17.1 Å². The third-order valence-electron chi connectivity index (χ3n) is 4.67. The highest BCUT2D eigenvalue weighted by Gasteiger charge is 2.25. The first kappa shape index (κ1) is 20.0. The Morgan fingerprint density at radius 1 is 1.16 bits per heavy atom. The molecule has 0 bridgehead atoms. The van der Waals surface area contributed by atoms with E-state index in [-0.39, 0.29) is 17.3 Å². The van der Waals surface area contributed by atoms with Crippen molar-refractivity contribution in [1.29, 1.82) is 0 Å². The lowest BCUT2D eigenvalue weighted by Gasteiger charge is -2.06. The van der Waals surface area contributed by atoms with Gasteiger partial charge in [-0.2, -0.15) is 9.78 Å². The van der Waals surface area contributed by atoms with Gasteiger partial charge in [-0.05, 0) is 34.8 Å². The average Bonchev–Trinajstić information content (AvgIpc) is 3.40. The van der Waals surface area contributed by atoms with Crippen LogP contribution in [-0.4, -0.2) is 37.4 Å². The highest BCUT2D eigenvalue weighted by atomic mass is 16.6. The third-order valence-corrected chi connectivity index (χ3v) is 4.67. The molecule has 0 unspecified atom stereocenters. The van der Waals surface area contributed by atoms with Gasteiger partial charge in [0.15, 0.2) is 5.69 Å². The van der Waals surface area contributed by atoms with E-state index >= 15 is 0 Å². The standard InChI is InChI=1S/C21H20N8O2/c1-3-14-6-8-15(9-7-14)12-23-25-21(30)17-18(16-10-4-13(2)5-11-16)29(28-24-17)20-19(22)26-31-27-20/h4-12H,3H2,1-2H3,(H2,22,26)(H,25,30). The van der Waals surface area contributed by atoms with E-state index in [1.165, 1.54) is 10.2 Å². The number of nitrogens with zero attached hydrogens (tertiary/aromatic N) is 6. The number of aromatic nitrogens is 5. The molecule has 0 aliphatic heterocycles. The number of carbonyl (C=O) groups is 1. The first-order valence-corrected chi connectivity index (χ1v) is 9.60. The van der Waals surface area contributed by atoms with Gasteiger partial charge >= 0.3 is 0 Å². The molecule has 10 nitrogen and oxygen atoms in total. The minimum Gasteiger partial charge on any atom is -0.378 e. The summed E-state index contributed by atoms with van der Waals surface area (Å²) < 4.78 is 5.99. The number of hydrogen-bond acceptors (Lipinski definition) is 8. The SMILES string of the molecule is CCc1ccc(C=NNC(=O)c2nnn(-c3nonc3N)c2-c2ccc(C)cc2)cc1. The van der Waals surface area contributed by atoms with Gasteiger partial charge in [-0.1, -0.05) is 66.2 Å². The predicted molar refractivity (Wildman–Crippen MR) is 115 cm³/mol. The van der Waals surface area contributed by atoms with Crippen LogP contribution < -0.4 is 11.2 Å². The summed E-state index contributed by atoms with van der Waals surface area (Å²) in [4.78, 5) is 12.8. The molecule has 4 rings (SSSR count). The summed E-state index contributed by atoms with van der Waals surface area (Å²) in [6.45, 7) is 4.05. The summed E-state index contributed by atoms with van der Waals surface area (Å²) in [7, 11) is 0. The van der Waals surface area contributed by atoms with E-state index in [0.29, 0.717) is 11.3 Å². The Labute approximate surface area is 177 Å². The van der Waals surface area contributed by atoms with Crippen LogP contribution in [0.3, 0.4) is 0 Å². The zero-order valence-corrected chi connectivity index (χ0v) is 17.0. The lowest BCUT2D eigenvalue weighted by Crippen LogP contribution is -2.19. The van der Waals surface area contributed by atoms with Crippen molar-refractivity contribution < 1.29 is 9.42 Å². The number of benzene rings is 2. The van der Waals surface area contributed by atoms with Gasteiger partial charge < -0.3 is 5.73 Å². The van der Waals surface area contributed by atoms with Crippen molar-refractivity contribution >= 4 is 17.9 Å². The van der Waals surface area contributed by atoms with Crippen LogP contribution in [0, 0.1) is 6.92 Å². The van der Waals surface area contributed by atoms with E-state index in [0.717, 1.165) is 17.5 Å². The van der Waals surface area contributed by atoms with Crippen molar-refractivity contribution in [3.63, 3.8) is 0 Å². The molecule has 4 aromatic rings. The number of rotatable bonds is 6. The van der Waals surface area contributed by atoms with Crippen LogP contribution in [0.5, 0.6) is 0 Å². The summed E-state index contributed by atoms with van der Waals surface area (Å²) in [6.07, 6.45) is 2.52. The van der Waals surface area contributed by atoms with Crippen LogP contribution >= 0.6 is 0 Å². The molecule has 0 saturated heterocycles. The maximum atomic E-state index is 12.8. The molecule has 0 radical (unpaired) electrons. The first-order chi connectivity index (χ1) is 15.1. The van der Waals surface area contributed by atoms with Crippen molar-refractivity contribution in [3.05, 3.63) is 70.9 Å². The van der Waals surface area contributed by atoms with E-state index in [1.54, 1.807) is 6.21 Å². The fraction of sp³-hybridized carbons (Fsp3) is 0.143. The maximum absolute atomic E-state index is 12.8. The van der Waals surface area contributed by atoms with Crippen molar-refractivity contribution in [2.75, 3.05) is 5.73 Å². The normalized spacial score (nSPS) is 11.2. The van der Waals surface area contributed by atoms with Crippen LogP contribution in [0.2, 0.25) is 0 Å². The molecule has 156 valence electrons. The van der Waals surface area contributed by atoms with Crippen LogP contribution in [0.4, 0.5) is 5.82 Å².